The molecule has 0 radical (unpaired) electrons. The lowest BCUT2D eigenvalue weighted by Gasteiger charge is -2.21. The lowest BCUT2D eigenvalue weighted by atomic mass is 10.0. The zero-order chi connectivity index (χ0) is 14.0. The summed E-state index contributed by atoms with van der Waals surface area (Å²) in [5, 5.41) is 6.74. The van der Waals surface area contributed by atoms with Crippen molar-refractivity contribution in [2.75, 3.05) is 6.54 Å². The molecule has 1 fully saturated rings. The molecule has 0 spiro atoms. The van der Waals surface area contributed by atoms with Crippen molar-refractivity contribution in [3.8, 4) is 0 Å². The zero-order valence-electron chi connectivity index (χ0n) is 11.9. The molecule has 0 aromatic carbocycles. The van der Waals surface area contributed by atoms with Crippen molar-refractivity contribution in [1.29, 1.82) is 0 Å². The molecule has 0 aliphatic heterocycles. The SMILES string of the molecule is Cc1nc(C(CNC(=O)OC(C)(C)C)C2CC2)no1. The highest BCUT2D eigenvalue weighted by Gasteiger charge is 2.35. The van der Waals surface area contributed by atoms with E-state index >= 15 is 0 Å². The number of amides is 1. The Balaban J connectivity index is 1.90. The number of carbonyl (C=O) groups is 1. The van der Waals surface area contributed by atoms with Crippen LogP contribution in [0.15, 0.2) is 4.52 Å². The average molecular weight is 267 g/mol. The van der Waals surface area contributed by atoms with E-state index in [4.69, 9.17) is 9.26 Å². The Morgan fingerprint density at radius 2 is 2.21 bits per heavy atom. The van der Waals surface area contributed by atoms with Crippen LogP contribution in [0, 0.1) is 12.8 Å². The molecule has 1 N–H and O–H groups in total. The molecule has 1 amide bonds. The molecule has 1 aromatic rings. The molecule has 1 heterocycles. The van der Waals surface area contributed by atoms with Gasteiger partial charge in [0, 0.05) is 19.4 Å². The average Bonchev–Trinajstić information content (AvgIpc) is 3.00. The number of carbonyl (C=O) groups excluding carboxylic acids is 1. The monoisotopic (exact) mass is 267 g/mol. The predicted octanol–water partition coefficient (Wildman–Crippen LogP) is 2.40. The van der Waals surface area contributed by atoms with E-state index in [-0.39, 0.29) is 5.92 Å². The van der Waals surface area contributed by atoms with Crippen LogP contribution in [0.3, 0.4) is 0 Å². The van der Waals surface area contributed by atoms with E-state index in [0.717, 1.165) is 12.8 Å². The number of alkyl carbamates (subject to hydrolysis) is 1. The van der Waals surface area contributed by atoms with Gasteiger partial charge in [-0.05, 0) is 39.5 Å². The minimum atomic E-state index is -0.484. The second kappa shape index (κ2) is 5.19. The van der Waals surface area contributed by atoms with Gasteiger partial charge in [0.05, 0.1) is 0 Å². The van der Waals surface area contributed by atoms with Crippen LogP contribution in [0.2, 0.25) is 0 Å². The van der Waals surface area contributed by atoms with Crippen LogP contribution in [0.25, 0.3) is 0 Å². The molecular weight excluding hydrogens is 246 g/mol. The van der Waals surface area contributed by atoms with Crippen molar-refractivity contribution in [2.45, 2.75) is 52.1 Å². The lowest BCUT2D eigenvalue weighted by molar-refractivity contribution is 0.0522. The normalized spacial score (nSPS) is 17.1. The summed E-state index contributed by atoms with van der Waals surface area (Å²) in [6.07, 6.45) is 1.89. The number of ether oxygens (including phenoxy) is 1. The van der Waals surface area contributed by atoms with Crippen LogP contribution >= 0.6 is 0 Å². The largest absolute Gasteiger partial charge is 0.444 e. The van der Waals surface area contributed by atoms with Crippen molar-refractivity contribution in [2.24, 2.45) is 5.92 Å². The minimum absolute atomic E-state index is 0.116. The second-order valence-electron chi connectivity index (χ2n) is 6.00. The Morgan fingerprint density at radius 3 is 2.68 bits per heavy atom. The third-order valence-electron chi connectivity index (χ3n) is 2.93. The van der Waals surface area contributed by atoms with Crippen molar-refractivity contribution >= 4 is 6.09 Å². The fourth-order valence-corrected chi connectivity index (χ4v) is 1.94. The van der Waals surface area contributed by atoms with E-state index in [1.165, 1.54) is 0 Å². The van der Waals surface area contributed by atoms with Gasteiger partial charge in [-0.1, -0.05) is 5.16 Å². The zero-order valence-corrected chi connectivity index (χ0v) is 11.9. The Bertz CT molecular complexity index is 446. The molecule has 1 atom stereocenters. The summed E-state index contributed by atoms with van der Waals surface area (Å²) in [5.74, 6) is 1.88. The number of nitrogens with one attached hydrogen (secondary N) is 1. The van der Waals surface area contributed by atoms with Crippen LogP contribution < -0.4 is 5.32 Å². The van der Waals surface area contributed by atoms with E-state index in [0.29, 0.717) is 24.2 Å². The van der Waals surface area contributed by atoms with E-state index in [9.17, 15) is 4.79 Å². The summed E-state index contributed by atoms with van der Waals surface area (Å²) >= 11 is 0. The molecule has 1 aliphatic carbocycles. The molecule has 1 aliphatic rings. The molecule has 1 saturated carbocycles. The number of hydrogen-bond acceptors (Lipinski definition) is 5. The molecule has 2 rings (SSSR count). The lowest BCUT2D eigenvalue weighted by Crippen LogP contribution is -2.35. The second-order valence-corrected chi connectivity index (χ2v) is 6.00. The number of aryl methyl sites for hydroxylation is 1. The van der Waals surface area contributed by atoms with Crippen LogP contribution in [0.4, 0.5) is 4.79 Å². The first kappa shape index (κ1) is 13.8. The van der Waals surface area contributed by atoms with E-state index < -0.39 is 11.7 Å². The summed E-state index contributed by atoms with van der Waals surface area (Å²) in [6.45, 7) is 7.77. The summed E-state index contributed by atoms with van der Waals surface area (Å²) < 4.78 is 10.2. The van der Waals surface area contributed by atoms with Gasteiger partial charge in [-0.15, -0.1) is 0 Å². The van der Waals surface area contributed by atoms with E-state index in [1.54, 1.807) is 6.92 Å². The molecule has 1 aromatic heterocycles. The van der Waals surface area contributed by atoms with Crippen molar-refractivity contribution in [3.05, 3.63) is 11.7 Å². The Kier molecular flexibility index (Phi) is 3.78. The summed E-state index contributed by atoms with van der Waals surface area (Å²) in [7, 11) is 0. The van der Waals surface area contributed by atoms with Gasteiger partial charge in [-0.25, -0.2) is 4.79 Å². The van der Waals surface area contributed by atoms with Gasteiger partial charge in [-0.3, -0.25) is 0 Å². The van der Waals surface area contributed by atoms with Crippen LogP contribution in [0.1, 0.15) is 51.2 Å². The van der Waals surface area contributed by atoms with Gasteiger partial charge < -0.3 is 14.6 Å². The number of aromatic nitrogens is 2. The van der Waals surface area contributed by atoms with Gasteiger partial charge in [0.2, 0.25) is 5.89 Å². The summed E-state index contributed by atoms with van der Waals surface area (Å²) in [4.78, 5) is 15.9. The number of rotatable bonds is 4. The van der Waals surface area contributed by atoms with Gasteiger partial charge in [-0.2, -0.15) is 4.98 Å². The van der Waals surface area contributed by atoms with Crippen LogP contribution in [-0.2, 0) is 4.74 Å². The smallest absolute Gasteiger partial charge is 0.407 e. The van der Waals surface area contributed by atoms with Gasteiger partial charge >= 0.3 is 6.09 Å². The molecule has 6 heteroatoms. The van der Waals surface area contributed by atoms with E-state index in [2.05, 4.69) is 15.5 Å². The fraction of sp³-hybridized carbons (Fsp3) is 0.769. The molecular formula is C13H21N3O3. The molecule has 0 saturated heterocycles. The molecule has 106 valence electrons. The Morgan fingerprint density at radius 1 is 1.53 bits per heavy atom. The standard InChI is InChI=1S/C13H21N3O3/c1-8-15-11(16-19-8)10(9-5-6-9)7-14-12(17)18-13(2,3)4/h9-10H,5-7H2,1-4H3,(H,14,17). The quantitative estimate of drug-likeness (QED) is 0.906. The maximum absolute atomic E-state index is 11.6. The molecule has 0 bridgehead atoms. The Labute approximate surface area is 112 Å². The molecule has 1 unspecified atom stereocenters. The summed E-state index contributed by atoms with van der Waals surface area (Å²) in [5.41, 5.74) is -0.484. The minimum Gasteiger partial charge on any atom is -0.444 e. The first-order chi connectivity index (χ1) is 8.85. The highest BCUT2D eigenvalue weighted by atomic mass is 16.6. The summed E-state index contributed by atoms with van der Waals surface area (Å²) in [6, 6.07) is 0. The molecule has 6 nitrogen and oxygen atoms in total. The van der Waals surface area contributed by atoms with Crippen LogP contribution in [-0.4, -0.2) is 28.4 Å². The number of hydrogen-bond donors (Lipinski definition) is 1. The van der Waals surface area contributed by atoms with Gasteiger partial charge in [0.25, 0.3) is 0 Å². The number of nitrogens with zero attached hydrogens (tertiary/aromatic N) is 2. The predicted molar refractivity (Wildman–Crippen MR) is 68.7 cm³/mol. The fourth-order valence-electron chi connectivity index (χ4n) is 1.94. The third-order valence-corrected chi connectivity index (χ3v) is 2.93. The van der Waals surface area contributed by atoms with Crippen molar-refractivity contribution in [1.82, 2.24) is 15.5 Å². The van der Waals surface area contributed by atoms with Crippen molar-refractivity contribution < 1.29 is 14.1 Å². The third kappa shape index (κ3) is 4.22. The maximum atomic E-state index is 11.6. The molecule has 19 heavy (non-hydrogen) atoms. The van der Waals surface area contributed by atoms with Crippen LogP contribution in [0.5, 0.6) is 0 Å². The first-order valence-corrected chi connectivity index (χ1v) is 6.62. The highest BCUT2D eigenvalue weighted by Crippen LogP contribution is 2.41. The van der Waals surface area contributed by atoms with Crippen molar-refractivity contribution in [3.63, 3.8) is 0 Å². The van der Waals surface area contributed by atoms with Gasteiger partial charge in [0.1, 0.15) is 5.60 Å². The highest BCUT2D eigenvalue weighted by molar-refractivity contribution is 5.67. The topological polar surface area (TPSA) is 77.2 Å². The van der Waals surface area contributed by atoms with Gasteiger partial charge in [0.15, 0.2) is 5.82 Å². The Hall–Kier alpha value is -1.59. The maximum Gasteiger partial charge on any atom is 0.407 e. The van der Waals surface area contributed by atoms with E-state index in [1.807, 2.05) is 20.8 Å². The first-order valence-electron chi connectivity index (χ1n) is 6.62.